The Kier molecular flexibility index (Phi) is 5.42. The maximum atomic E-state index is 13.4. The zero-order chi connectivity index (χ0) is 18.7. The van der Waals surface area contributed by atoms with Crippen molar-refractivity contribution in [3.63, 3.8) is 0 Å². The fourth-order valence-electron chi connectivity index (χ4n) is 3.31. The van der Waals surface area contributed by atoms with Gasteiger partial charge in [0, 0.05) is 19.6 Å². The monoisotopic (exact) mass is 369 g/mol. The van der Waals surface area contributed by atoms with Crippen LogP contribution in [0, 0.1) is 18.3 Å². The lowest BCUT2D eigenvalue weighted by Gasteiger charge is -2.36. The number of hydrogen-bond acceptors (Lipinski definition) is 4. The summed E-state index contributed by atoms with van der Waals surface area (Å²) in [4.78, 5) is 0.216. The number of sulfonamides is 1. The Bertz CT molecular complexity index is 931. The Morgan fingerprint density at radius 2 is 1.96 bits per heavy atom. The van der Waals surface area contributed by atoms with E-state index >= 15 is 0 Å². The fraction of sp³-hybridized carbons (Fsp3) is 0.350. The molecule has 1 atom stereocenters. The molecule has 6 heteroatoms. The molecule has 26 heavy (non-hydrogen) atoms. The number of nitriles is 1. The minimum Gasteiger partial charge on any atom is -0.313 e. The van der Waals surface area contributed by atoms with Crippen LogP contribution in [0.15, 0.2) is 47.4 Å². The molecule has 0 aromatic heterocycles. The Hall–Kier alpha value is -2.20. The van der Waals surface area contributed by atoms with Gasteiger partial charge in [0.15, 0.2) is 0 Å². The van der Waals surface area contributed by atoms with Crippen LogP contribution in [-0.4, -0.2) is 32.4 Å². The highest BCUT2D eigenvalue weighted by Gasteiger charge is 2.35. The van der Waals surface area contributed by atoms with Crippen LogP contribution in [-0.2, 0) is 16.4 Å². The summed E-state index contributed by atoms with van der Waals surface area (Å²) in [7, 11) is -3.70. The summed E-state index contributed by atoms with van der Waals surface area (Å²) in [5, 5.41) is 12.4. The summed E-state index contributed by atoms with van der Waals surface area (Å²) in [6, 6.07) is 14.7. The maximum Gasteiger partial charge on any atom is 0.244 e. The highest BCUT2D eigenvalue weighted by atomic mass is 32.2. The highest BCUT2D eigenvalue weighted by Crippen LogP contribution is 2.30. The molecule has 0 saturated carbocycles. The molecule has 0 spiro atoms. The highest BCUT2D eigenvalue weighted by molar-refractivity contribution is 7.89. The van der Waals surface area contributed by atoms with Crippen molar-refractivity contribution in [1.82, 2.24) is 9.62 Å². The fourth-order valence-corrected chi connectivity index (χ4v) is 5.17. The standard InChI is InChI=1S/C20H23N3O2S/c1-3-16-6-8-18(9-7-16)19-14-22-10-11-23(19)26(24,25)20-12-17(13-21)5-4-15(20)2/h4-9,12,19,22H,3,10-11,14H2,1-2H3. The third-order valence-electron chi connectivity index (χ3n) is 4.87. The first-order chi connectivity index (χ1) is 12.5. The third-order valence-corrected chi connectivity index (χ3v) is 6.92. The minimum atomic E-state index is -3.70. The summed E-state index contributed by atoms with van der Waals surface area (Å²) in [5.41, 5.74) is 3.22. The molecule has 0 radical (unpaired) electrons. The lowest BCUT2D eigenvalue weighted by Crippen LogP contribution is -2.48. The molecule has 0 bridgehead atoms. The second kappa shape index (κ2) is 7.58. The van der Waals surface area contributed by atoms with Crippen molar-refractivity contribution < 1.29 is 8.42 Å². The van der Waals surface area contributed by atoms with Crippen molar-refractivity contribution in [2.45, 2.75) is 31.2 Å². The molecule has 1 aliphatic heterocycles. The van der Waals surface area contributed by atoms with E-state index in [1.807, 2.05) is 18.2 Å². The molecule has 1 fully saturated rings. The number of nitrogens with one attached hydrogen (secondary N) is 1. The summed E-state index contributed by atoms with van der Waals surface area (Å²) in [5.74, 6) is 0. The molecule has 1 unspecified atom stereocenters. The van der Waals surface area contributed by atoms with Gasteiger partial charge in [0.1, 0.15) is 0 Å². The topological polar surface area (TPSA) is 73.2 Å². The van der Waals surface area contributed by atoms with E-state index in [0.29, 0.717) is 30.8 Å². The van der Waals surface area contributed by atoms with Gasteiger partial charge in [-0.05, 0) is 42.2 Å². The molecule has 1 heterocycles. The van der Waals surface area contributed by atoms with E-state index < -0.39 is 10.0 Å². The zero-order valence-corrected chi connectivity index (χ0v) is 15.9. The van der Waals surface area contributed by atoms with E-state index in [4.69, 9.17) is 5.26 Å². The molecule has 136 valence electrons. The van der Waals surface area contributed by atoms with Crippen LogP contribution in [0.2, 0.25) is 0 Å². The Morgan fingerprint density at radius 1 is 1.23 bits per heavy atom. The number of rotatable bonds is 4. The van der Waals surface area contributed by atoms with Crippen LogP contribution < -0.4 is 5.32 Å². The largest absolute Gasteiger partial charge is 0.313 e. The van der Waals surface area contributed by atoms with E-state index in [-0.39, 0.29) is 10.9 Å². The van der Waals surface area contributed by atoms with Gasteiger partial charge in [-0.3, -0.25) is 0 Å². The summed E-state index contributed by atoms with van der Waals surface area (Å²) < 4.78 is 28.3. The van der Waals surface area contributed by atoms with Crippen LogP contribution in [0.5, 0.6) is 0 Å². The Labute approximate surface area is 155 Å². The molecule has 1 saturated heterocycles. The van der Waals surface area contributed by atoms with E-state index in [1.165, 1.54) is 11.6 Å². The van der Waals surface area contributed by atoms with Crippen molar-refractivity contribution in [3.05, 3.63) is 64.7 Å². The Balaban J connectivity index is 2.02. The quantitative estimate of drug-likeness (QED) is 0.899. The molecule has 5 nitrogen and oxygen atoms in total. The number of aryl methyl sites for hydroxylation is 2. The van der Waals surface area contributed by atoms with Gasteiger partial charge < -0.3 is 5.32 Å². The first-order valence-electron chi connectivity index (χ1n) is 8.79. The van der Waals surface area contributed by atoms with Crippen LogP contribution >= 0.6 is 0 Å². The van der Waals surface area contributed by atoms with Crippen molar-refractivity contribution in [3.8, 4) is 6.07 Å². The molecule has 0 amide bonds. The van der Waals surface area contributed by atoms with Crippen molar-refractivity contribution in [2.75, 3.05) is 19.6 Å². The lowest BCUT2D eigenvalue weighted by molar-refractivity contribution is 0.271. The summed E-state index contributed by atoms with van der Waals surface area (Å²) in [6.07, 6.45) is 0.950. The van der Waals surface area contributed by atoms with E-state index in [9.17, 15) is 8.42 Å². The third kappa shape index (κ3) is 3.51. The molecular formula is C20H23N3O2S. The van der Waals surface area contributed by atoms with E-state index in [1.54, 1.807) is 23.4 Å². The van der Waals surface area contributed by atoms with Crippen LogP contribution in [0.4, 0.5) is 0 Å². The second-order valence-electron chi connectivity index (χ2n) is 6.52. The van der Waals surface area contributed by atoms with Gasteiger partial charge in [-0.2, -0.15) is 9.57 Å². The van der Waals surface area contributed by atoms with Crippen molar-refractivity contribution in [2.24, 2.45) is 0 Å². The van der Waals surface area contributed by atoms with Crippen LogP contribution in [0.3, 0.4) is 0 Å². The average molecular weight is 369 g/mol. The van der Waals surface area contributed by atoms with Gasteiger partial charge in [0.25, 0.3) is 0 Å². The van der Waals surface area contributed by atoms with Gasteiger partial charge in [-0.25, -0.2) is 8.42 Å². The van der Waals surface area contributed by atoms with E-state index in [2.05, 4.69) is 24.4 Å². The van der Waals surface area contributed by atoms with Crippen molar-refractivity contribution in [1.29, 1.82) is 5.26 Å². The number of piperazine rings is 1. The molecule has 1 N–H and O–H groups in total. The van der Waals surface area contributed by atoms with Gasteiger partial charge in [0.2, 0.25) is 10.0 Å². The number of benzene rings is 2. The SMILES string of the molecule is CCc1ccc(C2CNCCN2S(=O)(=O)c2cc(C#N)ccc2C)cc1. The smallest absolute Gasteiger partial charge is 0.244 e. The predicted molar refractivity (Wildman–Crippen MR) is 101 cm³/mol. The summed E-state index contributed by atoms with van der Waals surface area (Å²) >= 11 is 0. The van der Waals surface area contributed by atoms with Gasteiger partial charge >= 0.3 is 0 Å². The normalized spacial score (nSPS) is 18.4. The summed E-state index contributed by atoms with van der Waals surface area (Å²) in [6.45, 7) is 5.44. The molecule has 3 rings (SSSR count). The number of hydrogen-bond donors (Lipinski definition) is 1. The van der Waals surface area contributed by atoms with Gasteiger partial charge in [0.05, 0.1) is 22.6 Å². The zero-order valence-electron chi connectivity index (χ0n) is 15.1. The van der Waals surface area contributed by atoms with Gasteiger partial charge in [-0.15, -0.1) is 0 Å². The molecule has 0 aliphatic carbocycles. The lowest BCUT2D eigenvalue weighted by atomic mass is 10.0. The van der Waals surface area contributed by atoms with E-state index in [0.717, 1.165) is 12.0 Å². The molecule has 1 aliphatic rings. The first kappa shape index (κ1) is 18.6. The van der Waals surface area contributed by atoms with Crippen LogP contribution in [0.25, 0.3) is 0 Å². The van der Waals surface area contributed by atoms with Gasteiger partial charge in [-0.1, -0.05) is 37.3 Å². The van der Waals surface area contributed by atoms with Crippen LogP contribution in [0.1, 0.15) is 35.2 Å². The van der Waals surface area contributed by atoms with Crippen molar-refractivity contribution >= 4 is 10.0 Å². The predicted octanol–water partition coefficient (Wildman–Crippen LogP) is 2.76. The molecule has 2 aromatic rings. The number of nitrogens with zero attached hydrogens (tertiary/aromatic N) is 2. The molecule has 2 aromatic carbocycles. The second-order valence-corrected chi connectivity index (χ2v) is 8.38. The average Bonchev–Trinajstić information content (AvgIpc) is 2.68. The first-order valence-corrected chi connectivity index (χ1v) is 10.2. The maximum absolute atomic E-state index is 13.4. The minimum absolute atomic E-state index is 0.216. The molecular weight excluding hydrogens is 346 g/mol. The Morgan fingerprint density at radius 3 is 2.62 bits per heavy atom.